The fourth-order valence-electron chi connectivity index (χ4n) is 5.19. The fourth-order valence-corrected chi connectivity index (χ4v) is 5.19. The fraction of sp³-hybridized carbons (Fsp3) is 0.600. The van der Waals surface area contributed by atoms with Crippen LogP contribution in [0.1, 0.15) is 43.7 Å². The second kappa shape index (κ2) is 5.39. The van der Waals surface area contributed by atoms with Crippen LogP contribution in [0.4, 0.5) is 0 Å². The van der Waals surface area contributed by atoms with Crippen LogP contribution in [0.25, 0.3) is 0 Å². The smallest absolute Gasteiger partial charge is 0.231 e. The topological polar surface area (TPSA) is 51.2 Å². The van der Waals surface area contributed by atoms with Gasteiger partial charge in [-0.25, -0.2) is 0 Å². The van der Waals surface area contributed by atoms with Crippen LogP contribution in [0.15, 0.2) is 24.0 Å². The zero-order chi connectivity index (χ0) is 17.2. The van der Waals surface area contributed by atoms with Crippen molar-refractivity contribution in [2.24, 2.45) is 0 Å². The number of aliphatic hydroxyl groups is 1. The van der Waals surface area contributed by atoms with Crippen molar-refractivity contribution in [2.45, 2.75) is 56.8 Å². The summed E-state index contributed by atoms with van der Waals surface area (Å²) >= 11 is 0. The summed E-state index contributed by atoms with van der Waals surface area (Å²) in [6.45, 7) is 6.38. The second-order valence-electron chi connectivity index (χ2n) is 7.87. The number of hydrogen-bond donors (Lipinski definition) is 1. The van der Waals surface area contributed by atoms with Gasteiger partial charge in [-0.15, -0.1) is 0 Å². The van der Waals surface area contributed by atoms with Gasteiger partial charge in [0.15, 0.2) is 11.5 Å². The van der Waals surface area contributed by atoms with Crippen molar-refractivity contribution >= 4 is 0 Å². The Morgan fingerprint density at radius 1 is 1.24 bits per heavy atom. The average Bonchev–Trinajstić information content (AvgIpc) is 3.22. The third-order valence-electron chi connectivity index (χ3n) is 6.12. The maximum Gasteiger partial charge on any atom is 0.231 e. The lowest BCUT2D eigenvalue weighted by molar-refractivity contribution is 0.0504. The van der Waals surface area contributed by atoms with Crippen molar-refractivity contribution < 1.29 is 19.3 Å². The number of rotatable bonds is 2. The lowest BCUT2D eigenvalue weighted by atomic mass is 9.78. The summed E-state index contributed by atoms with van der Waals surface area (Å²) in [5.41, 5.74) is 2.32. The second-order valence-corrected chi connectivity index (χ2v) is 7.87. The van der Waals surface area contributed by atoms with Crippen LogP contribution in [0.5, 0.6) is 11.5 Å². The molecule has 0 aromatic heterocycles. The van der Waals surface area contributed by atoms with Crippen molar-refractivity contribution in [3.63, 3.8) is 0 Å². The molecule has 0 amide bonds. The van der Waals surface area contributed by atoms with Crippen molar-refractivity contribution in [1.29, 1.82) is 0 Å². The molecule has 1 saturated heterocycles. The molecule has 5 nitrogen and oxygen atoms in total. The molecule has 5 heteroatoms. The van der Waals surface area contributed by atoms with E-state index in [0.717, 1.165) is 49.6 Å². The van der Waals surface area contributed by atoms with E-state index in [0.29, 0.717) is 0 Å². The highest BCUT2D eigenvalue weighted by Crippen LogP contribution is 2.54. The monoisotopic (exact) mass is 343 g/mol. The summed E-state index contributed by atoms with van der Waals surface area (Å²) in [4.78, 5) is 2.55. The predicted molar refractivity (Wildman–Crippen MR) is 92.9 cm³/mol. The van der Waals surface area contributed by atoms with Gasteiger partial charge in [-0.3, -0.25) is 4.90 Å². The Morgan fingerprint density at radius 3 is 2.84 bits per heavy atom. The number of fused-ring (bicyclic) bond motifs is 3. The van der Waals surface area contributed by atoms with Crippen molar-refractivity contribution in [3.05, 3.63) is 35.1 Å². The third kappa shape index (κ3) is 2.15. The van der Waals surface area contributed by atoms with Crippen LogP contribution in [0.3, 0.4) is 0 Å². The van der Waals surface area contributed by atoms with Gasteiger partial charge in [0.25, 0.3) is 0 Å². The standard InChI is InChI=1S/C20H25NO4/c1-12(2)25-17-10-20-5-3-6-21(20)7-4-13-8-15-16(24-11-23-15)9-14(13)18(20)19(17)22/h8-10,12,18-19,22H,3-7,11H2,1-2H3/t18-,19-,20+/m1/s1. The summed E-state index contributed by atoms with van der Waals surface area (Å²) in [6, 6.07) is 4.21. The minimum atomic E-state index is -0.611. The number of hydrogen-bond acceptors (Lipinski definition) is 5. The van der Waals surface area contributed by atoms with E-state index in [1.165, 1.54) is 11.1 Å². The Balaban J connectivity index is 1.65. The van der Waals surface area contributed by atoms with E-state index >= 15 is 0 Å². The molecule has 1 fully saturated rings. The molecule has 1 N–H and O–H groups in total. The summed E-state index contributed by atoms with van der Waals surface area (Å²) in [7, 11) is 0. The van der Waals surface area contributed by atoms with Gasteiger partial charge < -0.3 is 19.3 Å². The van der Waals surface area contributed by atoms with Gasteiger partial charge in [0, 0.05) is 12.5 Å². The molecule has 1 aliphatic carbocycles. The van der Waals surface area contributed by atoms with E-state index < -0.39 is 6.10 Å². The molecule has 3 aliphatic heterocycles. The van der Waals surface area contributed by atoms with Crippen LogP contribution >= 0.6 is 0 Å². The highest BCUT2D eigenvalue weighted by Gasteiger charge is 2.56. The quantitative estimate of drug-likeness (QED) is 0.894. The Labute approximate surface area is 148 Å². The molecule has 0 unspecified atom stereocenters. The van der Waals surface area contributed by atoms with Gasteiger partial charge in [0.05, 0.1) is 11.6 Å². The van der Waals surface area contributed by atoms with Crippen LogP contribution < -0.4 is 9.47 Å². The van der Waals surface area contributed by atoms with E-state index in [-0.39, 0.29) is 24.4 Å². The van der Waals surface area contributed by atoms with Crippen LogP contribution in [-0.4, -0.2) is 47.6 Å². The molecule has 25 heavy (non-hydrogen) atoms. The third-order valence-corrected chi connectivity index (χ3v) is 6.12. The molecule has 1 aromatic carbocycles. The Hall–Kier alpha value is -1.72. The lowest BCUT2D eigenvalue weighted by Gasteiger charge is -2.38. The van der Waals surface area contributed by atoms with E-state index in [1.54, 1.807) is 0 Å². The average molecular weight is 343 g/mol. The van der Waals surface area contributed by atoms with Gasteiger partial charge in [0.2, 0.25) is 6.79 Å². The van der Waals surface area contributed by atoms with Crippen molar-refractivity contribution in [3.8, 4) is 11.5 Å². The zero-order valence-electron chi connectivity index (χ0n) is 14.8. The molecular formula is C20H25NO4. The minimum Gasteiger partial charge on any atom is -0.493 e. The molecule has 3 heterocycles. The van der Waals surface area contributed by atoms with Gasteiger partial charge >= 0.3 is 0 Å². The molecular weight excluding hydrogens is 318 g/mol. The first-order valence-electron chi connectivity index (χ1n) is 9.33. The molecule has 1 spiro atoms. The molecule has 134 valence electrons. The normalized spacial score (nSPS) is 32.9. The Bertz CT molecular complexity index is 743. The van der Waals surface area contributed by atoms with E-state index in [4.69, 9.17) is 14.2 Å². The van der Waals surface area contributed by atoms with Gasteiger partial charge in [0.1, 0.15) is 11.9 Å². The molecule has 4 aliphatic rings. The maximum atomic E-state index is 11.2. The molecule has 0 bridgehead atoms. The highest BCUT2D eigenvalue weighted by atomic mass is 16.7. The number of nitrogens with zero attached hydrogens (tertiary/aromatic N) is 1. The van der Waals surface area contributed by atoms with Crippen LogP contribution in [0, 0.1) is 0 Å². The molecule has 0 radical (unpaired) electrons. The van der Waals surface area contributed by atoms with Gasteiger partial charge in [-0.05, 0) is 69.0 Å². The SMILES string of the molecule is CC(C)OC1=C[C@]23CCCN2CCc2cc4c(cc2[C@@H]3[C@@H]1O)OCO4. The number of benzene rings is 1. The van der Waals surface area contributed by atoms with Gasteiger partial charge in [-0.1, -0.05) is 0 Å². The minimum absolute atomic E-state index is 0.00394. The zero-order valence-corrected chi connectivity index (χ0v) is 14.8. The van der Waals surface area contributed by atoms with E-state index in [9.17, 15) is 5.11 Å². The van der Waals surface area contributed by atoms with Crippen LogP contribution in [0.2, 0.25) is 0 Å². The Morgan fingerprint density at radius 2 is 2.04 bits per heavy atom. The number of ether oxygens (including phenoxy) is 3. The van der Waals surface area contributed by atoms with Gasteiger partial charge in [-0.2, -0.15) is 0 Å². The summed E-state index contributed by atoms with van der Waals surface area (Å²) in [5.74, 6) is 2.35. The van der Waals surface area contributed by atoms with E-state index in [1.807, 2.05) is 13.8 Å². The lowest BCUT2D eigenvalue weighted by Crippen LogP contribution is -2.46. The van der Waals surface area contributed by atoms with Crippen molar-refractivity contribution in [1.82, 2.24) is 4.90 Å². The first-order valence-corrected chi connectivity index (χ1v) is 9.33. The maximum absolute atomic E-state index is 11.2. The largest absolute Gasteiger partial charge is 0.493 e. The summed E-state index contributed by atoms with van der Waals surface area (Å²) in [6.07, 6.45) is 4.87. The molecule has 5 rings (SSSR count). The predicted octanol–water partition coefficient (Wildman–Crippen LogP) is 2.57. The molecule has 1 aromatic rings. The Kier molecular flexibility index (Phi) is 3.35. The first kappa shape index (κ1) is 15.5. The molecule has 0 saturated carbocycles. The van der Waals surface area contributed by atoms with E-state index in [2.05, 4.69) is 23.1 Å². The number of aliphatic hydroxyl groups excluding tert-OH is 1. The van der Waals surface area contributed by atoms with Crippen molar-refractivity contribution in [2.75, 3.05) is 19.9 Å². The summed E-state index contributed by atoms with van der Waals surface area (Å²) in [5, 5.41) is 11.2. The van der Waals surface area contributed by atoms with Crippen LogP contribution in [-0.2, 0) is 11.2 Å². The highest BCUT2D eigenvalue weighted by molar-refractivity contribution is 5.54. The first-order chi connectivity index (χ1) is 12.1. The molecule has 3 atom stereocenters. The summed E-state index contributed by atoms with van der Waals surface area (Å²) < 4.78 is 17.2.